The number of fused-ring (bicyclic) bond motifs is 6. The van der Waals surface area contributed by atoms with Gasteiger partial charge in [-0.2, -0.15) is 5.10 Å². The van der Waals surface area contributed by atoms with Crippen molar-refractivity contribution in [3.63, 3.8) is 0 Å². The highest BCUT2D eigenvalue weighted by Crippen LogP contribution is 2.42. The van der Waals surface area contributed by atoms with Crippen molar-refractivity contribution in [1.29, 1.82) is 0 Å². The van der Waals surface area contributed by atoms with Crippen molar-refractivity contribution < 1.29 is 4.42 Å². The molecule has 0 saturated heterocycles. The maximum absolute atomic E-state index is 6.37. The van der Waals surface area contributed by atoms with Crippen molar-refractivity contribution in [2.45, 2.75) is 0 Å². The van der Waals surface area contributed by atoms with Gasteiger partial charge in [-0.25, -0.2) is 14.5 Å². The average molecular weight is 793 g/mol. The molecule has 0 atom stereocenters. The molecule has 0 bridgehead atoms. The highest BCUT2D eigenvalue weighted by Gasteiger charge is 2.22. The summed E-state index contributed by atoms with van der Waals surface area (Å²) in [5.74, 6) is 0.661. The number of aromatic nitrogens is 4. The van der Waals surface area contributed by atoms with E-state index >= 15 is 0 Å². The van der Waals surface area contributed by atoms with Gasteiger partial charge in [-0.3, -0.25) is 0 Å². The molecule has 0 N–H and O–H groups in total. The molecule has 12 aromatic rings. The van der Waals surface area contributed by atoms with E-state index in [2.05, 4.69) is 193 Å². The summed E-state index contributed by atoms with van der Waals surface area (Å²) in [6.07, 6.45) is 0. The maximum Gasteiger partial charge on any atom is 0.160 e. The number of para-hydroxylation sites is 2. The van der Waals surface area contributed by atoms with Crippen molar-refractivity contribution >= 4 is 38.2 Å². The Balaban J connectivity index is 0.966. The zero-order valence-corrected chi connectivity index (χ0v) is 33.5. The highest BCUT2D eigenvalue weighted by atomic mass is 16.3. The highest BCUT2D eigenvalue weighted by molar-refractivity contribution is 6.10. The Labute approximate surface area is 357 Å². The Bertz CT molecular complexity index is 3590. The molecule has 5 nitrogen and oxygen atoms in total. The monoisotopic (exact) mass is 792 g/mol. The van der Waals surface area contributed by atoms with Crippen LogP contribution in [0.2, 0.25) is 0 Å². The van der Waals surface area contributed by atoms with E-state index in [1.54, 1.807) is 0 Å². The first-order valence-corrected chi connectivity index (χ1v) is 20.9. The van der Waals surface area contributed by atoms with Gasteiger partial charge in [-0.1, -0.05) is 200 Å². The molecule has 4 heterocycles. The Morgan fingerprint density at radius 1 is 0.387 bits per heavy atom. The molecule has 0 aliphatic carbocycles. The van der Waals surface area contributed by atoms with E-state index < -0.39 is 0 Å². The van der Waals surface area contributed by atoms with Crippen molar-refractivity contribution in [3.8, 4) is 78.7 Å². The third-order valence-electron chi connectivity index (χ3n) is 11.9. The average Bonchev–Trinajstić information content (AvgIpc) is 3.95. The minimum absolute atomic E-state index is 0.661. The first-order valence-electron chi connectivity index (χ1n) is 20.9. The summed E-state index contributed by atoms with van der Waals surface area (Å²) in [5, 5.41) is 9.94. The second-order valence-electron chi connectivity index (χ2n) is 15.6. The third kappa shape index (κ3) is 6.06. The summed E-state index contributed by atoms with van der Waals surface area (Å²) in [4.78, 5) is 10.3. The summed E-state index contributed by atoms with van der Waals surface area (Å²) in [7, 11) is 0. The van der Waals surface area contributed by atoms with E-state index in [1.807, 2.05) is 30.3 Å². The van der Waals surface area contributed by atoms with Gasteiger partial charge in [0.1, 0.15) is 16.9 Å². The maximum atomic E-state index is 6.37. The van der Waals surface area contributed by atoms with E-state index in [9.17, 15) is 0 Å². The molecule has 5 heteroatoms. The number of hydrogen-bond acceptors (Lipinski definition) is 4. The largest absolute Gasteiger partial charge is 0.455 e. The lowest BCUT2D eigenvalue weighted by Crippen LogP contribution is -1.97. The molecule has 0 fully saturated rings. The second-order valence-corrected chi connectivity index (χ2v) is 15.6. The van der Waals surface area contributed by atoms with E-state index in [4.69, 9.17) is 19.5 Å². The normalized spacial score (nSPS) is 11.5. The molecular formula is C57H36N4O. The van der Waals surface area contributed by atoms with Crippen LogP contribution < -0.4 is 0 Å². The molecule has 12 rings (SSSR count). The van der Waals surface area contributed by atoms with Gasteiger partial charge in [0.25, 0.3) is 0 Å². The fourth-order valence-electron chi connectivity index (χ4n) is 8.84. The lowest BCUT2D eigenvalue weighted by Gasteiger charge is -2.12. The molecular weight excluding hydrogens is 757 g/mol. The molecule has 8 aromatic carbocycles. The van der Waals surface area contributed by atoms with Gasteiger partial charge in [0, 0.05) is 55.1 Å². The van der Waals surface area contributed by atoms with Gasteiger partial charge >= 0.3 is 0 Å². The van der Waals surface area contributed by atoms with Crippen molar-refractivity contribution in [3.05, 3.63) is 218 Å². The smallest absolute Gasteiger partial charge is 0.160 e. The Kier molecular flexibility index (Phi) is 8.42. The number of furan rings is 1. The summed E-state index contributed by atoms with van der Waals surface area (Å²) in [6, 6.07) is 76.1. The lowest BCUT2D eigenvalue weighted by atomic mass is 9.97. The quantitative estimate of drug-likeness (QED) is 0.161. The van der Waals surface area contributed by atoms with Crippen LogP contribution in [0, 0.1) is 0 Å². The minimum Gasteiger partial charge on any atom is -0.455 e. The van der Waals surface area contributed by atoms with Gasteiger partial charge in [-0.05, 0) is 34.7 Å². The molecule has 0 saturated carbocycles. The van der Waals surface area contributed by atoms with E-state index in [0.717, 1.165) is 111 Å². The van der Waals surface area contributed by atoms with Crippen LogP contribution >= 0.6 is 0 Å². The molecule has 62 heavy (non-hydrogen) atoms. The Morgan fingerprint density at radius 2 is 0.935 bits per heavy atom. The molecule has 4 aromatic heterocycles. The minimum atomic E-state index is 0.661. The van der Waals surface area contributed by atoms with Gasteiger partial charge in [0.15, 0.2) is 5.82 Å². The predicted octanol–water partition coefficient (Wildman–Crippen LogP) is 14.8. The van der Waals surface area contributed by atoms with Crippen molar-refractivity contribution in [1.82, 2.24) is 19.6 Å². The van der Waals surface area contributed by atoms with Gasteiger partial charge < -0.3 is 4.42 Å². The molecule has 0 radical (unpaired) electrons. The third-order valence-corrected chi connectivity index (χ3v) is 11.9. The van der Waals surface area contributed by atoms with Crippen LogP contribution in [0.1, 0.15) is 0 Å². The van der Waals surface area contributed by atoms with E-state index in [0.29, 0.717) is 5.82 Å². The zero-order chi connectivity index (χ0) is 41.0. The lowest BCUT2D eigenvalue weighted by molar-refractivity contribution is 0.670. The number of hydrogen-bond donors (Lipinski definition) is 0. The molecule has 0 spiro atoms. The SMILES string of the molecule is c1ccc(-c2cc(-c3ccc(-c4cc5ccccc5c5c(-c6ccccc6)c(-c6ccccc6)nn45)cc3)nc(-c3ccc(-c4cccc5c4oc4ccccc45)cc3)n2)cc1. The zero-order valence-electron chi connectivity index (χ0n) is 33.5. The van der Waals surface area contributed by atoms with Crippen LogP contribution in [0.4, 0.5) is 0 Å². The van der Waals surface area contributed by atoms with Gasteiger partial charge in [0.05, 0.1) is 22.6 Å². The molecule has 0 unspecified atom stereocenters. The van der Waals surface area contributed by atoms with Gasteiger partial charge in [-0.15, -0.1) is 0 Å². The number of pyridine rings is 1. The summed E-state index contributed by atoms with van der Waals surface area (Å²) >= 11 is 0. The number of rotatable bonds is 7. The van der Waals surface area contributed by atoms with Crippen LogP contribution in [0.3, 0.4) is 0 Å². The fraction of sp³-hybridized carbons (Fsp3) is 0. The van der Waals surface area contributed by atoms with Gasteiger partial charge in [0.2, 0.25) is 0 Å². The molecule has 290 valence electrons. The second kappa shape index (κ2) is 14.7. The van der Waals surface area contributed by atoms with E-state index in [-0.39, 0.29) is 0 Å². The van der Waals surface area contributed by atoms with Crippen molar-refractivity contribution in [2.75, 3.05) is 0 Å². The summed E-state index contributed by atoms with van der Waals surface area (Å²) in [6.45, 7) is 0. The van der Waals surface area contributed by atoms with Crippen LogP contribution in [-0.4, -0.2) is 19.6 Å². The van der Waals surface area contributed by atoms with Crippen LogP contribution in [0.25, 0.3) is 117 Å². The molecule has 0 amide bonds. The topological polar surface area (TPSA) is 56.2 Å². The van der Waals surface area contributed by atoms with E-state index in [1.165, 1.54) is 0 Å². The summed E-state index contributed by atoms with van der Waals surface area (Å²) in [5.41, 5.74) is 16.0. The fourth-order valence-corrected chi connectivity index (χ4v) is 8.84. The molecule has 0 aliphatic rings. The van der Waals surface area contributed by atoms with Crippen LogP contribution in [-0.2, 0) is 0 Å². The molecule has 0 aliphatic heterocycles. The Hall–Kier alpha value is -8.41. The van der Waals surface area contributed by atoms with Crippen molar-refractivity contribution in [2.24, 2.45) is 0 Å². The Morgan fingerprint density at radius 3 is 1.66 bits per heavy atom. The first-order chi connectivity index (χ1) is 30.7. The predicted molar refractivity (Wildman–Crippen MR) is 254 cm³/mol. The number of nitrogens with zero attached hydrogens (tertiary/aromatic N) is 4. The standard InChI is InChI=1S/C57H36N4O/c1-4-15-38(16-5-1)49-36-50(59-57(58-49)43-33-27-37(28-34-43)46-24-14-25-48-47-23-12-13-26-52(47)62-56(46)48)39-29-31-40(32-30-39)51-35-44-21-10-11-22-45(44)55-53(41-17-6-2-7-18-41)54(60-61(51)55)42-19-8-3-9-20-42/h1-36H. The first kappa shape index (κ1) is 35.5. The van der Waals surface area contributed by atoms with Crippen LogP contribution in [0.15, 0.2) is 223 Å². The summed E-state index contributed by atoms with van der Waals surface area (Å²) < 4.78 is 8.51. The number of benzene rings is 8. The van der Waals surface area contributed by atoms with Crippen LogP contribution in [0.5, 0.6) is 0 Å².